The van der Waals surface area contributed by atoms with Crippen LogP contribution in [0.4, 0.5) is 0 Å². The van der Waals surface area contributed by atoms with E-state index in [4.69, 9.17) is 16.3 Å². The van der Waals surface area contributed by atoms with E-state index in [-0.39, 0.29) is 5.91 Å². The summed E-state index contributed by atoms with van der Waals surface area (Å²) >= 11 is 6.07. The molecule has 1 amide bonds. The first-order valence-electron chi connectivity index (χ1n) is 5.77. The van der Waals surface area contributed by atoms with Gasteiger partial charge in [-0.25, -0.2) is 0 Å². The Hall–Kier alpha value is -1.48. The molecule has 0 saturated carbocycles. The summed E-state index contributed by atoms with van der Waals surface area (Å²) in [6.07, 6.45) is 1.08. The molecule has 3 nitrogen and oxygen atoms in total. The van der Waals surface area contributed by atoms with Gasteiger partial charge in [-0.05, 0) is 44.0 Å². The molecule has 0 spiro atoms. The Morgan fingerprint density at radius 3 is 2.56 bits per heavy atom. The maximum Gasteiger partial charge on any atom is 0.261 e. The van der Waals surface area contributed by atoms with Crippen molar-refractivity contribution < 1.29 is 9.53 Å². The molecule has 4 heteroatoms. The maximum absolute atomic E-state index is 11.6. The van der Waals surface area contributed by atoms with Gasteiger partial charge >= 0.3 is 0 Å². The summed E-state index contributed by atoms with van der Waals surface area (Å²) in [7, 11) is 0. The number of ether oxygens (including phenoxy) is 1. The largest absolute Gasteiger partial charge is 0.481 e. The fraction of sp³-hybridized carbons (Fsp3) is 0.357. The first kappa shape index (κ1) is 14.6. The number of hydrogen-bond acceptors (Lipinski definition) is 2. The quantitative estimate of drug-likeness (QED) is 0.833. The number of carbonyl (C=O) groups is 1. The van der Waals surface area contributed by atoms with Crippen molar-refractivity contribution in [1.29, 1.82) is 0 Å². The molecule has 1 aromatic carbocycles. The van der Waals surface area contributed by atoms with Crippen LogP contribution in [0.3, 0.4) is 0 Å². The third-order valence-corrected chi connectivity index (χ3v) is 3.11. The van der Waals surface area contributed by atoms with Gasteiger partial charge in [0, 0.05) is 11.6 Å². The lowest BCUT2D eigenvalue weighted by Crippen LogP contribution is -2.36. The first-order valence-corrected chi connectivity index (χ1v) is 6.15. The van der Waals surface area contributed by atoms with Gasteiger partial charge in [-0.1, -0.05) is 17.7 Å². The average molecular weight is 268 g/mol. The van der Waals surface area contributed by atoms with Gasteiger partial charge in [0.1, 0.15) is 5.75 Å². The minimum absolute atomic E-state index is 0.167. The van der Waals surface area contributed by atoms with Crippen molar-refractivity contribution >= 4 is 17.5 Å². The van der Waals surface area contributed by atoms with E-state index in [9.17, 15) is 4.79 Å². The van der Waals surface area contributed by atoms with Gasteiger partial charge in [-0.15, -0.1) is 6.58 Å². The first-order chi connectivity index (χ1) is 8.45. The fourth-order valence-corrected chi connectivity index (χ4v) is 1.66. The van der Waals surface area contributed by atoms with E-state index in [0.717, 1.165) is 16.1 Å². The van der Waals surface area contributed by atoms with Crippen LogP contribution in [-0.2, 0) is 4.79 Å². The van der Waals surface area contributed by atoms with Crippen molar-refractivity contribution in [2.24, 2.45) is 0 Å². The lowest BCUT2D eigenvalue weighted by molar-refractivity contribution is -0.127. The normalized spacial score (nSPS) is 11.8. The molecule has 0 saturated heterocycles. The third kappa shape index (κ3) is 3.77. The standard InChI is InChI=1S/C14H18ClNO2/c1-5-6-16-14(17)11(4)18-12-7-9(2)13(15)10(3)8-12/h5,7-8,11H,1,6H2,2-4H3,(H,16,17). The van der Waals surface area contributed by atoms with Gasteiger partial charge in [-0.2, -0.15) is 0 Å². The summed E-state index contributed by atoms with van der Waals surface area (Å²) in [5.41, 5.74) is 1.87. The monoisotopic (exact) mass is 267 g/mol. The van der Waals surface area contributed by atoms with E-state index in [1.54, 1.807) is 13.0 Å². The molecule has 0 aliphatic rings. The Kier molecular flexibility index (Phi) is 5.23. The number of benzene rings is 1. The molecular formula is C14H18ClNO2. The van der Waals surface area contributed by atoms with E-state index in [2.05, 4.69) is 11.9 Å². The Morgan fingerprint density at radius 2 is 2.06 bits per heavy atom. The second-order valence-corrected chi connectivity index (χ2v) is 4.54. The zero-order chi connectivity index (χ0) is 13.7. The van der Waals surface area contributed by atoms with Crippen LogP contribution in [0.1, 0.15) is 18.1 Å². The number of carbonyl (C=O) groups excluding carboxylic acids is 1. The SMILES string of the molecule is C=CCNC(=O)C(C)Oc1cc(C)c(Cl)c(C)c1. The second kappa shape index (κ2) is 6.45. The summed E-state index contributed by atoms with van der Waals surface area (Å²) < 4.78 is 5.58. The van der Waals surface area contributed by atoms with Gasteiger partial charge < -0.3 is 10.1 Å². The summed E-state index contributed by atoms with van der Waals surface area (Å²) in [4.78, 5) is 11.6. The van der Waals surface area contributed by atoms with Crippen molar-refractivity contribution in [1.82, 2.24) is 5.32 Å². The van der Waals surface area contributed by atoms with E-state index in [1.165, 1.54) is 0 Å². The zero-order valence-electron chi connectivity index (χ0n) is 10.9. The van der Waals surface area contributed by atoms with Crippen molar-refractivity contribution in [2.75, 3.05) is 6.54 Å². The molecule has 98 valence electrons. The summed E-state index contributed by atoms with van der Waals surface area (Å²) in [5, 5.41) is 3.41. The van der Waals surface area contributed by atoms with Crippen LogP contribution in [0.2, 0.25) is 5.02 Å². The molecule has 0 radical (unpaired) electrons. The Labute approximate surface area is 113 Å². The average Bonchev–Trinajstić information content (AvgIpc) is 2.32. The van der Waals surface area contributed by atoms with Crippen molar-refractivity contribution in [3.8, 4) is 5.75 Å². The fourth-order valence-electron chi connectivity index (χ4n) is 1.55. The highest BCUT2D eigenvalue weighted by molar-refractivity contribution is 6.32. The Balaban J connectivity index is 2.72. The lowest BCUT2D eigenvalue weighted by atomic mass is 10.1. The van der Waals surface area contributed by atoms with Crippen LogP contribution in [0.5, 0.6) is 5.75 Å². The molecule has 0 bridgehead atoms. The van der Waals surface area contributed by atoms with Crippen molar-refractivity contribution in [3.05, 3.63) is 40.9 Å². The van der Waals surface area contributed by atoms with Gasteiger partial charge in [-0.3, -0.25) is 4.79 Å². The van der Waals surface area contributed by atoms with Crippen LogP contribution in [0.25, 0.3) is 0 Å². The Bertz CT molecular complexity index is 434. The second-order valence-electron chi connectivity index (χ2n) is 4.16. The molecule has 1 atom stereocenters. The van der Waals surface area contributed by atoms with E-state index in [1.807, 2.05) is 26.0 Å². The predicted octanol–water partition coefficient (Wildman–Crippen LogP) is 3.03. The molecule has 0 aliphatic heterocycles. The smallest absolute Gasteiger partial charge is 0.261 e. The highest BCUT2D eigenvalue weighted by Gasteiger charge is 2.14. The number of aryl methyl sites for hydroxylation is 2. The van der Waals surface area contributed by atoms with Crippen LogP contribution >= 0.6 is 11.6 Å². The minimum atomic E-state index is -0.551. The minimum Gasteiger partial charge on any atom is -0.481 e. The van der Waals surface area contributed by atoms with Crippen molar-refractivity contribution in [3.63, 3.8) is 0 Å². The molecule has 0 aromatic heterocycles. The molecular weight excluding hydrogens is 250 g/mol. The topological polar surface area (TPSA) is 38.3 Å². The molecule has 0 fully saturated rings. The third-order valence-electron chi connectivity index (χ3n) is 2.51. The summed E-state index contributed by atoms with van der Waals surface area (Å²) in [5.74, 6) is 0.482. The highest BCUT2D eigenvalue weighted by Crippen LogP contribution is 2.26. The van der Waals surface area contributed by atoms with Crippen LogP contribution in [0.15, 0.2) is 24.8 Å². The number of halogens is 1. The van der Waals surface area contributed by atoms with Crippen molar-refractivity contribution in [2.45, 2.75) is 26.9 Å². The molecule has 1 unspecified atom stereocenters. The molecule has 1 aromatic rings. The van der Waals surface area contributed by atoms with Crippen LogP contribution in [0, 0.1) is 13.8 Å². The molecule has 1 rings (SSSR count). The van der Waals surface area contributed by atoms with Gasteiger partial charge in [0.05, 0.1) is 0 Å². The van der Waals surface area contributed by atoms with Crippen LogP contribution < -0.4 is 10.1 Å². The number of rotatable bonds is 5. The summed E-state index contributed by atoms with van der Waals surface area (Å²) in [6, 6.07) is 3.65. The van der Waals surface area contributed by atoms with Crippen LogP contribution in [-0.4, -0.2) is 18.6 Å². The molecule has 1 N–H and O–H groups in total. The number of nitrogens with one attached hydrogen (secondary N) is 1. The Morgan fingerprint density at radius 1 is 1.50 bits per heavy atom. The van der Waals surface area contributed by atoms with E-state index in [0.29, 0.717) is 12.3 Å². The molecule has 18 heavy (non-hydrogen) atoms. The predicted molar refractivity (Wildman–Crippen MR) is 74.2 cm³/mol. The van der Waals surface area contributed by atoms with Gasteiger partial charge in [0.2, 0.25) is 0 Å². The molecule has 0 aliphatic carbocycles. The number of amides is 1. The maximum atomic E-state index is 11.6. The molecule has 0 heterocycles. The van der Waals surface area contributed by atoms with Gasteiger partial charge in [0.25, 0.3) is 5.91 Å². The highest BCUT2D eigenvalue weighted by atomic mass is 35.5. The zero-order valence-corrected chi connectivity index (χ0v) is 11.7. The van der Waals surface area contributed by atoms with E-state index >= 15 is 0 Å². The summed E-state index contributed by atoms with van der Waals surface area (Å²) in [6.45, 7) is 9.50. The van der Waals surface area contributed by atoms with E-state index < -0.39 is 6.10 Å². The number of hydrogen-bond donors (Lipinski definition) is 1. The lowest BCUT2D eigenvalue weighted by Gasteiger charge is -2.15. The van der Waals surface area contributed by atoms with Gasteiger partial charge in [0.15, 0.2) is 6.10 Å².